The molecule has 6 heteroatoms. The molecule has 1 aromatic heterocycles. The monoisotopic (exact) mass is 434 g/mol. The minimum atomic E-state index is -0.563. The Morgan fingerprint density at radius 1 is 1.06 bits per heavy atom. The molecule has 0 saturated heterocycles. The number of nitrogens with zero attached hydrogens (tertiary/aromatic N) is 1. The number of benzene rings is 2. The van der Waals surface area contributed by atoms with Crippen molar-refractivity contribution in [3.63, 3.8) is 0 Å². The third-order valence-corrected chi connectivity index (χ3v) is 5.02. The van der Waals surface area contributed by atoms with Crippen LogP contribution in [0.25, 0.3) is 10.8 Å². The minimum absolute atomic E-state index is 0.0685. The molecule has 0 spiro atoms. The van der Waals surface area contributed by atoms with Crippen LogP contribution in [0.2, 0.25) is 0 Å². The van der Waals surface area contributed by atoms with Crippen molar-refractivity contribution in [2.45, 2.75) is 53.2 Å². The lowest BCUT2D eigenvalue weighted by Crippen LogP contribution is -2.34. The second-order valence-electron chi connectivity index (χ2n) is 8.72. The average molecular weight is 435 g/mol. The van der Waals surface area contributed by atoms with Crippen LogP contribution in [-0.2, 0) is 4.74 Å². The fourth-order valence-corrected chi connectivity index (χ4v) is 3.55. The van der Waals surface area contributed by atoms with E-state index in [1.807, 2.05) is 84.0 Å². The van der Waals surface area contributed by atoms with Gasteiger partial charge >= 0.3 is 6.09 Å². The second-order valence-corrected chi connectivity index (χ2v) is 8.72. The van der Waals surface area contributed by atoms with Crippen molar-refractivity contribution < 1.29 is 19.1 Å². The van der Waals surface area contributed by atoms with Crippen molar-refractivity contribution in [1.29, 1.82) is 0 Å². The van der Waals surface area contributed by atoms with E-state index in [1.165, 1.54) is 0 Å². The summed E-state index contributed by atoms with van der Waals surface area (Å²) < 4.78 is 10.9. The van der Waals surface area contributed by atoms with Gasteiger partial charge in [0.15, 0.2) is 5.78 Å². The van der Waals surface area contributed by atoms with E-state index in [2.05, 4.69) is 10.3 Å². The van der Waals surface area contributed by atoms with E-state index in [-0.39, 0.29) is 11.8 Å². The Hall–Kier alpha value is -3.41. The molecule has 0 unspecified atom stereocenters. The van der Waals surface area contributed by atoms with E-state index < -0.39 is 11.7 Å². The van der Waals surface area contributed by atoms with E-state index in [9.17, 15) is 9.59 Å². The average Bonchev–Trinajstić information content (AvgIpc) is 2.72. The van der Waals surface area contributed by atoms with Crippen molar-refractivity contribution in [3.05, 3.63) is 70.9 Å². The predicted octanol–water partition coefficient (Wildman–Crippen LogP) is 5.76. The van der Waals surface area contributed by atoms with Crippen LogP contribution in [0.5, 0.6) is 5.88 Å². The molecule has 0 bridgehead atoms. The number of ketones is 1. The first-order valence-corrected chi connectivity index (χ1v) is 10.8. The SMILES string of the molecule is CCOc1nccc2c(C(=O)c3ccc([C@H](C)NC(=O)OC(C)(C)C)cc3C)cccc12. The summed E-state index contributed by atoms with van der Waals surface area (Å²) in [5, 5.41) is 4.45. The van der Waals surface area contributed by atoms with Gasteiger partial charge in [-0.25, -0.2) is 9.78 Å². The number of rotatable bonds is 6. The lowest BCUT2D eigenvalue weighted by molar-refractivity contribution is 0.0507. The highest BCUT2D eigenvalue weighted by Gasteiger charge is 2.20. The summed E-state index contributed by atoms with van der Waals surface area (Å²) in [7, 11) is 0. The van der Waals surface area contributed by atoms with Crippen molar-refractivity contribution in [2.75, 3.05) is 6.61 Å². The Bertz CT molecular complexity index is 1150. The van der Waals surface area contributed by atoms with Gasteiger partial charge in [0.25, 0.3) is 0 Å². The van der Waals surface area contributed by atoms with Crippen LogP contribution >= 0.6 is 0 Å². The second kappa shape index (κ2) is 9.39. The van der Waals surface area contributed by atoms with Crippen LogP contribution in [0.4, 0.5) is 4.79 Å². The third kappa shape index (κ3) is 5.25. The maximum atomic E-state index is 13.4. The first kappa shape index (κ1) is 23.3. The van der Waals surface area contributed by atoms with Gasteiger partial charge in [0.2, 0.25) is 5.88 Å². The number of nitrogens with one attached hydrogen (secondary N) is 1. The first-order valence-electron chi connectivity index (χ1n) is 10.8. The number of amides is 1. The number of hydrogen-bond acceptors (Lipinski definition) is 5. The molecular weight excluding hydrogens is 404 g/mol. The lowest BCUT2D eigenvalue weighted by Gasteiger charge is -2.22. The topological polar surface area (TPSA) is 77.5 Å². The molecule has 0 fully saturated rings. The molecule has 1 heterocycles. The van der Waals surface area contributed by atoms with Crippen LogP contribution in [0.15, 0.2) is 48.7 Å². The zero-order valence-electron chi connectivity index (χ0n) is 19.5. The molecule has 0 radical (unpaired) electrons. The zero-order chi connectivity index (χ0) is 23.5. The highest BCUT2D eigenvalue weighted by molar-refractivity contribution is 6.17. The smallest absolute Gasteiger partial charge is 0.408 e. The number of carbonyl (C=O) groups excluding carboxylic acids is 2. The number of pyridine rings is 1. The van der Waals surface area contributed by atoms with Crippen molar-refractivity contribution in [3.8, 4) is 5.88 Å². The summed E-state index contributed by atoms with van der Waals surface area (Å²) in [5.74, 6) is 0.454. The summed E-state index contributed by atoms with van der Waals surface area (Å²) in [6.45, 7) is 11.6. The number of hydrogen-bond donors (Lipinski definition) is 1. The lowest BCUT2D eigenvalue weighted by atomic mass is 9.93. The Balaban J connectivity index is 1.88. The molecule has 32 heavy (non-hydrogen) atoms. The molecule has 3 aromatic rings. The number of aromatic nitrogens is 1. The van der Waals surface area contributed by atoms with Gasteiger partial charge in [-0.15, -0.1) is 0 Å². The highest BCUT2D eigenvalue weighted by atomic mass is 16.6. The van der Waals surface area contributed by atoms with Crippen LogP contribution < -0.4 is 10.1 Å². The number of alkyl carbamates (subject to hydrolysis) is 1. The first-order chi connectivity index (χ1) is 15.1. The Morgan fingerprint density at radius 3 is 2.47 bits per heavy atom. The molecule has 2 aromatic carbocycles. The van der Waals surface area contributed by atoms with Crippen molar-refractivity contribution in [1.82, 2.24) is 10.3 Å². The van der Waals surface area contributed by atoms with E-state index in [0.29, 0.717) is 23.6 Å². The molecular formula is C26H30N2O4. The number of ether oxygens (including phenoxy) is 2. The zero-order valence-corrected chi connectivity index (χ0v) is 19.5. The summed E-state index contributed by atoms with van der Waals surface area (Å²) in [6.07, 6.45) is 1.18. The van der Waals surface area contributed by atoms with Gasteiger partial charge < -0.3 is 14.8 Å². The molecule has 1 N–H and O–H groups in total. The molecule has 168 valence electrons. The van der Waals surface area contributed by atoms with E-state index in [1.54, 1.807) is 6.20 Å². The van der Waals surface area contributed by atoms with Gasteiger partial charge in [0.1, 0.15) is 5.60 Å². The Morgan fingerprint density at radius 2 is 1.81 bits per heavy atom. The van der Waals surface area contributed by atoms with Gasteiger partial charge in [0.05, 0.1) is 12.6 Å². The predicted molar refractivity (Wildman–Crippen MR) is 125 cm³/mol. The molecule has 0 aliphatic rings. The Kier molecular flexibility index (Phi) is 6.82. The summed E-state index contributed by atoms with van der Waals surface area (Å²) in [4.78, 5) is 29.8. The number of carbonyl (C=O) groups is 2. The Labute approximate surface area is 189 Å². The standard InChI is InChI=1S/C26H30N2O4/c1-7-31-24-22-10-8-9-21(20(22)13-14-27-24)23(29)19-12-11-18(15-16(19)2)17(3)28-25(30)32-26(4,5)6/h8-15,17H,7H2,1-6H3,(H,28,30)/t17-/m0/s1. The van der Waals surface area contributed by atoms with Crippen LogP contribution in [0, 0.1) is 6.92 Å². The normalized spacial score (nSPS) is 12.3. The van der Waals surface area contributed by atoms with Gasteiger partial charge in [-0.05, 0) is 70.2 Å². The van der Waals surface area contributed by atoms with E-state index in [0.717, 1.165) is 21.9 Å². The summed E-state index contributed by atoms with van der Waals surface area (Å²) >= 11 is 0. The number of fused-ring (bicyclic) bond motifs is 1. The van der Waals surface area contributed by atoms with Gasteiger partial charge in [-0.3, -0.25) is 4.79 Å². The van der Waals surface area contributed by atoms with Crippen LogP contribution in [0.3, 0.4) is 0 Å². The molecule has 1 amide bonds. The molecule has 0 saturated carbocycles. The summed E-state index contributed by atoms with van der Waals surface area (Å²) in [5.41, 5.74) is 2.38. The fourth-order valence-electron chi connectivity index (χ4n) is 3.55. The molecule has 0 aliphatic heterocycles. The van der Waals surface area contributed by atoms with Crippen LogP contribution in [0.1, 0.15) is 67.7 Å². The quantitative estimate of drug-likeness (QED) is 0.499. The number of aryl methyl sites for hydroxylation is 1. The maximum absolute atomic E-state index is 13.4. The van der Waals surface area contributed by atoms with Crippen molar-refractivity contribution >= 4 is 22.6 Å². The summed E-state index contributed by atoms with van der Waals surface area (Å²) in [6, 6.07) is 12.7. The van der Waals surface area contributed by atoms with Crippen LogP contribution in [-0.4, -0.2) is 29.1 Å². The largest absolute Gasteiger partial charge is 0.478 e. The third-order valence-electron chi connectivity index (χ3n) is 5.02. The van der Waals surface area contributed by atoms with E-state index in [4.69, 9.17) is 9.47 Å². The van der Waals surface area contributed by atoms with E-state index >= 15 is 0 Å². The molecule has 6 nitrogen and oxygen atoms in total. The van der Waals surface area contributed by atoms with Crippen molar-refractivity contribution in [2.24, 2.45) is 0 Å². The molecule has 3 rings (SSSR count). The maximum Gasteiger partial charge on any atom is 0.408 e. The molecule has 0 aliphatic carbocycles. The molecule has 1 atom stereocenters. The van der Waals surface area contributed by atoms with Gasteiger partial charge in [-0.1, -0.05) is 30.3 Å². The minimum Gasteiger partial charge on any atom is -0.478 e. The fraction of sp³-hybridized carbons (Fsp3) is 0.346. The van der Waals surface area contributed by atoms with Gasteiger partial charge in [0, 0.05) is 22.7 Å². The highest BCUT2D eigenvalue weighted by Crippen LogP contribution is 2.28. The van der Waals surface area contributed by atoms with Gasteiger partial charge in [-0.2, -0.15) is 0 Å².